The fourth-order valence-corrected chi connectivity index (χ4v) is 4.98. The van der Waals surface area contributed by atoms with Crippen LogP contribution in [0.4, 0.5) is 0 Å². The van der Waals surface area contributed by atoms with Gasteiger partial charge in [-0.3, -0.25) is 9.69 Å². The van der Waals surface area contributed by atoms with Gasteiger partial charge in [0.05, 0.1) is 17.6 Å². The van der Waals surface area contributed by atoms with Gasteiger partial charge in [0.25, 0.3) is 0 Å². The zero-order valence-electron chi connectivity index (χ0n) is 14.7. The Labute approximate surface area is 151 Å². The second kappa shape index (κ2) is 5.45. The molecule has 1 saturated heterocycles. The Balaban J connectivity index is 1.74. The molecule has 6 atom stereocenters. The molecule has 0 amide bonds. The van der Waals surface area contributed by atoms with E-state index in [-0.39, 0.29) is 24.9 Å². The lowest BCUT2D eigenvalue weighted by atomic mass is 9.65. The lowest BCUT2D eigenvalue weighted by Crippen LogP contribution is -2.54. The summed E-state index contributed by atoms with van der Waals surface area (Å²) in [5.74, 6) is 0.941. The SMILES string of the molecule is COC1C=C[C@@]23c4cc5c(cc4C(OC(C)=O)N(CC2O)[C@H]3C1)OCO5. The van der Waals surface area contributed by atoms with E-state index >= 15 is 0 Å². The fourth-order valence-electron chi connectivity index (χ4n) is 4.98. The van der Waals surface area contributed by atoms with E-state index in [1.165, 1.54) is 6.92 Å². The Kier molecular flexibility index (Phi) is 3.38. The average Bonchev–Trinajstić information content (AvgIpc) is 3.18. The number of nitrogens with zero attached hydrogens (tertiary/aromatic N) is 1. The maximum atomic E-state index is 11.8. The molecule has 3 aliphatic heterocycles. The van der Waals surface area contributed by atoms with Crippen LogP contribution in [0.15, 0.2) is 24.3 Å². The number of esters is 1. The van der Waals surface area contributed by atoms with Gasteiger partial charge in [-0.05, 0) is 24.1 Å². The van der Waals surface area contributed by atoms with Crippen molar-refractivity contribution in [3.05, 3.63) is 35.4 Å². The molecule has 26 heavy (non-hydrogen) atoms. The number of ether oxygens (including phenoxy) is 4. The molecule has 138 valence electrons. The van der Waals surface area contributed by atoms with Gasteiger partial charge in [0, 0.05) is 32.2 Å². The molecule has 1 aliphatic carbocycles. The third kappa shape index (κ3) is 1.96. The highest BCUT2D eigenvalue weighted by molar-refractivity contribution is 5.67. The summed E-state index contributed by atoms with van der Waals surface area (Å²) in [5.41, 5.74) is 1.21. The van der Waals surface area contributed by atoms with Gasteiger partial charge in [0.1, 0.15) is 0 Å². The predicted molar refractivity (Wildman–Crippen MR) is 89.8 cm³/mol. The predicted octanol–water partition coefficient (Wildman–Crippen LogP) is 1.25. The largest absolute Gasteiger partial charge is 0.454 e. The van der Waals surface area contributed by atoms with Crippen LogP contribution in [-0.2, 0) is 19.7 Å². The summed E-state index contributed by atoms with van der Waals surface area (Å²) < 4.78 is 22.3. The first kappa shape index (κ1) is 16.1. The quantitative estimate of drug-likeness (QED) is 0.629. The molecule has 3 heterocycles. The van der Waals surface area contributed by atoms with Crippen LogP contribution in [0, 0.1) is 0 Å². The van der Waals surface area contributed by atoms with Crippen LogP contribution in [0.3, 0.4) is 0 Å². The zero-order valence-corrected chi connectivity index (χ0v) is 14.7. The van der Waals surface area contributed by atoms with Crippen molar-refractivity contribution in [3.63, 3.8) is 0 Å². The number of rotatable bonds is 2. The van der Waals surface area contributed by atoms with Crippen molar-refractivity contribution in [3.8, 4) is 11.5 Å². The van der Waals surface area contributed by atoms with E-state index in [1.807, 2.05) is 18.2 Å². The summed E-state index contributed by atoms with van der Waals surface area (Å²) in [4.78, 5) is 13.9. The molecule has 1 aromatic rings. The third-order valence-corrected chi connectivity index (χ3v) is 6.09. The first-order valence-corrected chi connectivity index (χ1v) is 8.82. The molecule has 0 spiro atoms. The van der Waals surface area contributed by atoms with Crippen molar-refractivity contribution in [2.75, 3.05) is 20.4 Å². The van der Waals surface area contributed by atoms with Crippen molar-refractivity contribution in [1.82, 2.24) is 4.90 Å². The Morgan fingerprint density at radius 2 is 2.12 bits per heavy atom. The average molecular weight is 359 g/mol. The van der Waals surface area contributed by atoms with Crippen molar-refractivity contribution in [1.29, 1.82) is 0 Å². The summed E-state index contributed by atoms with van der Waals surface area (Å²) >= 11 is 0. The van der Waals surface area contributed by atoms with Crippen molar-refractivity contribution >= 4 is 5.97 Å². The maximum Gasteiger partial charge on any atom is 0.304 e. The van der Waals surface area contributed by atoms with E-state index in [4.69, 9.17) is 18.9 Å². The molecule has 1 aromatic carbocycles. The van der Waals surface area contributed by atoms with E-state index in [9.17, 15) is 9.90 Å². The Morgan fingerprint density at radius 1 is 1.35 bits per heavy atom. The molecule has 5 rings (SSSR count). The summed E-state index contributed by atoms with van der Waals surface area (Å²) in [6.45, 7) is 1.99. The molecule has 0 aromatic heterocycles. The molecular weight excluding hydrogens is 338 g/mol. The second-order valence-electron chi connectivity index (χ2n) is 7.28. The van der Waals surface area contributed by atoms with Crippen LogP contribution >= 0.6 is 0 Å². The van der Waals surface area contributed by atoms with Gasteiger partial charge >= 0.3 is 5.97 Å². The van der Waals surface area contributed by atoms with Crippen LogP contribution < -0.4 is 9.47 Å². The van der Waals surface area contributed by atoms with Crippen molar-refractivity contribution in [2.45, 2.75) is 43.2 Å². The number of hydrogen-bond donors (Lipinski definition) is 1. The standard InChI is InChI=1S/C19H21NO6/c1-10(21)26-18-12-6-14-15(25-9-24-14)7-13(12)19-4-3-11(23-2)5-16(19)20(18)8-17(19)22/h3-4,6-7,11,16-18,22H,5,8-9H2,1-2H3/t11?,16-,17?,18?,19-/m0/s1. The summed E-state index contributed by atoms with van der Waals surface area (Å²) in [6, 6.07) is 3.79. The molecule has 4 unspecified atom stereocenters. The number of methoxy groups -OCH3 is 1. The van der Waals surface area contributed by atoms with E-state index < -0.39 is 17.7 Å². The Hall–Kier alpha value is -2.09. The van der Waals surface area contributed by atoms with Crippen LogP contribution in [0.1, 0.15) is 30.7 Å². The monoisotopic (exact) mass is 359 g/mol. The topological polar surface area (TPSA) is 77.5 Å². The number of benzene rings is 1. The molecule has 1 fully saturated rings. The summed E-state index contributed by atoms with van der Waals surface area (Å²) in [6.07, 6.45) is 3.59. The number of carbonyl (C=O) groups is 1. The molecule has 4 aliphatic rings. The number of aliphatic hydroxyl groups is 1. The first-order chi connectivity index (χ1) is 12.5. The van der Waals surface area contributed by atoms with Gasteiger partial charge in [-0.15, -0.1) is 0 Å². The maximum absolute atomic E-state index is 11.8. The summed E-state index contributed by atoms with van der Waals surface area (Å²) in [7, 11) is 1.68. The van der Waals surface area contributed by atoms with E-state index in [2.05, 4.69) is 11.0 Å². The molecule has 7 nitrogen and oxygen atoms in total. The van der Waals surface area contributed by atoms with E-state index in [0.29, 0.717) is 18.0 Å². The normalized spacial score (nSPS) is 38.7. The number of aliphatic hydroxyl groups excluding tert-OH is 1. The fraction of sp³-hybridized carbons (Fsp3) is 0.526. The lowest BCUT2D eigenvalue weighted by molar-refractivity contribution is -0.161. The van der Waals surface area contributed by atoms with Crippen molar-refractivity contribution in [2.24, 2.45) is 0 Å². The van der Waals surface area contributed by atoms with Crippen molar-refractivity contribution < 1.29 is 28.8 Å². The molecule has 7 heteroatoms. The third-order valence-electron chi connectivity index (χ3n) is 6.09. The van der Waals surface area contributed by atoms with Crippen LogP contribution in [0.5, 0.6) is 11.5 Å². The molecular formula is C19H21NO6. The van der Waals surface area contributed by atoms with E-state index in [0.717, 1.165) is 17.5 Å². The summed E-state index contributed by atoms with van der Waals surface area (Å²) in [5, 5.41) is 11.0. The zero-order chi connectivity index (χ0) is 18.1. The van der Waals surface area contributed by atoms with Gasteiger partial charge in [0.15, 0.2) is 17.7 Å². The van der Waals surface area contributed by atoms with Gasteiger partial charge in [-0.1, -0.05) is 12.2 Å². The number of hydrogen-bond acceptors (Lipinski definition) is 7. The molecule has 0 radical (unpaired) electrons. The smallest absolute Gasteiger partial charge is 0.304 e. The van der Waals surface area contributed by atoms with Gasteiger partial charge < -0.3 is 24.1 Å². The van der Waals surface area contributed by atoms with Crippen LogP contribution in [-0.4, -0.2) is 54.7 Å². The van der Waals surface area contributed by atoms with Gasteiger partial charge in [0.2, 0.25) is 6.79 Å². The highest BCUT2D eigenvalue weighted by Gasteiger charge is 2.62. The molecule has 0 saturated carbocycles. The lowest BCUT2D eigenvalue weighted by Gasteiger charge is -2.48. The highest BCUT2D eigenvalue weighted by atomic mass is 16.7. The molecule has 1 N–H and O–H groups in total. The van der Waals surface area contributed by atoms with Gasteiger partial charge in [-0.25, -0.2) is 0 Å². The van der Waals surface area contributed by atoms with Crippen LogP contribution in [0.25, 0.3) is 0 Å². The second-order valence-corrected chi connectivity index (χ2v) is 7.28. The van der Waals surface area contributed by atoms with Crippen LogP contribution in [0.2, 0.25) is 0 Å². The van der Waals surface area contributed by atoms with E-state index in [1.54, 1.807) is 7.11 Å². The Bertz CT molecular complexity index is 807. The highest BCUT2D eigenvalue weighted by Crippen LogP contribution is 2.57. The van der Waals surface area contributed by atoms with Gasteiger partial charge in [-0.2, -0.15) is 0 Å². The minimum absolute atomic E-state index is 0.0235. The first-order valence-electron chi connectivity index (χ1n) is 8.82. The molecule has 2 bridgehead atoms. The number of carbonyl (C=O) groups excluding carboxylic acids is 1. The Morgan fingerprint density at radius 3 is 2.85 bits per heavy atom. The minimum Gasteiger partial charge on any atom is -0.454 e. The number of fused-ring (bicyclic) bond motifs is 2. The minimum atomic E-state index is -0.610.